The van der Waals surface area contributed by atoms with Crippen molar-refractivity contribution in [2.24, 2.45) is 16.7 Å². The zero-order valence-electron chi connectivity index (χ0n) is 41.2. The maximum atomic E-state index is 14.2. The first-order chi connectivity index (χ1) is 33.1. The Kier molecular flexibility index (Phi) is 14.5. The maximum absolute atomic E-state index is 14.2. The van der Waals surface area contributed by atoms with E-state index >= 15 is 0 Å². The predicted octanol–water partition coefficient (Wildman–Crippen LogP) is 4.68. The van der Waals surface area contributed by atoms with Crippen LogP contribution >= 0.6 is 0 Å². The molecule has 0 radical (unpaired) electrons. The summed E-state index contributed by atoms with van der Waals surface area (Å²) < 4.78 is 0. The number of aliphatic hydroxyl groups excluding tert-OH is 1. The van der Waals surface area contributed by atoms with Crippen molar-refractivity contribution in [3.05, 3.63) is 65.7 Å². The van der Waals surface area contributed by atoms with Crippen molar-refractivity contribution in [2.45, 2.75) is 128 Å². The number of rotatable bonds is 13. The molecule has 1 aromatic heterocycles. The Morgan fingerprint density at radius 2 is 1.71 bits per heavy atom. The largest absolute Gasteiger partial charge is 0.507 e. The van der Waals surface area contributed by atoms with E-state index in [9.17, 15) is 24.6 Å². The lowest BCUT2D eigenvalue weighted by molar-refractivity contribution is -0.142. The number of piperazine rings is 1. The van der Waals surface area contributed by atoms with Crippen LogP contribution in [0.25, 0.3) is 11.3 Å². The molecule has 69 heavy (non-hydrogen) atoms. The smallest absolute Gasteiger partial charge is 0.246 e. The van der Waals surface area contributed by atoms with Gasteiger partial charge in [-0.15, -0.1) is 16.6 Å². The van der Waals surface area contributed by atoms with Crippen molar-refractivity contribution >= 4 is 29.2 Å². The van der Waals surface area contributed by atoms with Crippen molar-refractivity contribution in [1.29, 1.82) is 0 Å². The SMILES string of the molecule is C#Cc1ccc(CNC(=O)C[C@@H]2C[C@@H](O)CN2C(=O)[C@@H](NC(=O)[C@H]2CCC3(CC2)C[C@H](N2CCC(N(C)CCN4CCN5c6cc(-c7ccccc7O)nnc6NC[C@H]5C4)CC2)C3)C(C)(C)C)cc1. The number of benzene rings is 2. The molecule has 6 aliphatic rings. The molecule has 0 unspecified atom stereocenters. The van der Waals surface area contributed by atoms with Crippen LogP contribution in [0.1, 0.15) is 96.1 Å². The minimum absolute atomic E-state index is 0.0559. The lowest BCUT2D eigenvalue weighted by Crippen LogP contribution is -2.59. The number of hydrogen-bond donors (Lipinski definition) is 5. The molecule has 3 aromatic rings. The highest BCUT2D eigenvalue weighted by atomic mass is 16.3. The standard InChI is InChI=1S/C54H74N10O5/c1-6-36-11-13-37(14-12-36)32-55-48(67)28-40-27-43(65)35-64(40)52(69)49(53(2,3)4)57-51(68)38-15-19-54(20-16-38)30-41(31-54)62-21-17-39(18-22-62)60(5)23-24-61-25-26-63-42(34-61)33-56-50-46(63)29-45(58-59-50)44-9-7-8-10-47(44)66/h1,7-14,29,38-43,49,65-66H,15-28,30-35H2,2-5H3,(H,55,67)(H,56,59)(H,57,68)/t38-,40-,41-,42-,43+,49+,54?/m0/s1. The Bertz CT molecular complexity index is 2340. The number of anilines is 2. The van der Waals surface area contributed by atoms with Gasteiger partial charge in [0.15, 0.2) is 5.82 Å². The first-order valence-corrected chi connectivity index (χ1v) is 25.6. The molecule has 4 atom stereocenters. The number of terminal acetylenes is 1. The van der Waals surface area contributed by atoms with Crippen LogP contribution in [0.3, 0.4) is 0 Å². The lowest BCUT2D eigenvalue weighted by atomic mass is 9.56. The van der Waals surface area contributed by atoms with Crippen molar-refractivity contribution in [2.75, 3.05) is 76.2 Å². The average Bonchev–Trinajstić information content (AvgIpc) is 3.71. The Labute approximate surface area is 408 Å². The summed E-state index contributed by atoms with van der Waals surface area (Å²) in [6, 6.07) is 17.1. The van der Waals surface area contributed by atoms with E-state index in [0.717, 1.165) is 101 Å². The number of aromatic hydroxyl groups is 1. The number of carbonyl (C=O) groups excluding carboxylic acids is 3. The Balaban J connectivity index is 0.685. The highest BCUT2D eigenvalue weighted by Gasteiger charge is 2.50. The number of phenolic OH excluding ortho intramolecular Hbond substituents is 1. The molecule has 5 heterocycles. The summed E-state index contributed by atoms with van der Waals surface area (Å²) in [4.78, 5) is 53.3. The van der Waals surface area contributed by atoms with Gasteiger partial charge < -0.3 is 45.8 Å². The van der Waals surface area contributed by atoms with Gasteiger partial charge in [-0.2, -0.15) is 0 Å². The molecule has 2 aliphatic carbocycles. The molecule has 1 spiro atoms. The van der Waals surface area contributed by atoms with Gasteiger partial charge in [-0.3, -0.25) is 19.3 Å². The average molecular weight is 943 g/mol. The van der Waals surface area contributed by atoms with Crippen LogP contribution in [-0.2, 0) is 20.9 Å². The Morgan fingerprint density at radius 1 is 0.971 bits per heavy atom. The molecule has 2 saturated carbocycles. The van der Waals surface area contributed by atoms with E-state index in [0.29, 0.717) is 47.8 Å². The zero-order chi connectivity index (χ0) is 48.5. The summed E-state index contributed by atoms with van der Waals surface area (Å²) in [6.45, 7) is 14.5. The second-order valence-electron chi connectivity index (χ2n) is 22.3. The third-order valence-electron chi connectivity index (χ3n) is 16.6. The van der Waals surface area contributed by atoms with Crippen LogP contribution < -0.4 is 20.9 Å². The van der Waals surface area contributed by atoms with Gasteiger partial charge in [-0.1, -0.05) is 51.0 Å². The normalized spacial score (nSPS) is 26.9. The number of carbonyl (C=O) groups is 3. The fraction of sp³-hybridized carbons (Fsp3) is 0.611. The number of β-amino-alcohol motifs (C(OH)–C–C–N with tert-alkyl or cyclic N) is 1. The monoisotopic (exact) mass is 943 g/mol. The van der Waals surface area contributed by atoms with Crippen LogP contribution in [0.15, 0.2) is 54.6 Å². The number of phenols is 1. The molecule has 5 fully saturated rings. The summed E-state index contributed by atoms with van der Waals surface area (Å²) in [5, 5.41) is 39.6. The van der Waals surface area contributed by atoms with Gasteiger partial charge in [0.25, 0.3) is 0 Å². The molecule has 15 heteroatoms. The van der Waals surface area contributed by atoms with Crippen LogP contribution in [0.2, 0.25) is 0 Å². The van der Waals surface area contributed by atoms with Gasteiger partial charge >= 0.3 is 0 Å². The van der Waals surface area contributed by atoms with E-state index in [1.165, 1.54) is 25.7 Å². The molecule has 5 N–H and O–H groups in total. The van der Waals surface area contributed by atoms with Gasteiger partial charge in [0.1, 0.15) is 11.8 Å². The molecule has 4 aliphatic heterocycles. The first kappa shape index (κ1) is 48.7. The van der Waals surface area contributed by atoms with Gasteiger partial charge in [0.2, 0.25) is 17.7 Å². The Hall–Kier alpha value is -5.27. The second kappa shape index (κ2) is 20.6. The summed E-state index contributed by atoms with van der Waals surface area (Å²) in [5.74, 6) is 3.00. The predicted molar refractivity (Wildman–Crippen MR) is 268 cm³/mol. The van der Waals surface area contributed by atoms with Gasteiger partial charge in [-0.05, 0) is 125 Å². The number of nitrogens with one attached hydrogen (secondary N) is 3. The fourth-order valence-corrected chi connectivity index (χ4v) is 12.3. The molecule has 9 rings (SSSR count). The van der Waals surface area contributed by atoms with Crippen LogP contribution in [0.4, 0.5) is 11.5 Å². The molecule has 15 nitrogen and oxygen atoms in total. The van der Waals surface area contributed by atoms with Crippen LogP contribution in [0.5, 0.6) is 5.75 Å². The highest BCUT2D eigenvalue weighted by Crippen LogP contribution is 2.54. The van der Waals surface area contributed by atoms with Gasteiger partial charge in [0.05, 0.1) is 23.5 Å². The van der Waals surface area contributed by atoms with Gasteiger partial charge in [0, 0.05) is 93.9 Å². The molecule has 3 amide bonds. The van der Waals surface area contributed by atoms with Crippen LogP contribution in [0, 0.1) is 29.1 Å². The number of likely N-dealkylation sites (N-methyl/N-ethyl adjacent to an activating group) is 1. The lowest BCUT2D eigenvalue weighted by Gasteiger charge is -2.56. The molecule has 2 aromatic carbocycles. The van der Waals surface area contributed by atoms with E-state index in [-0.39, 0.29) is 42.4 Å². The van der Waals surface area contributed by atoms with Crippen molar-refractivity contribution in [3.8, 4) is 29.4 Å². The van der Waals surface area contributed by atoms with E-state index in [1.807, 2.05) is 63.2 Å². The number of aliphatic hydroxyl groups is 1. The van der Waals surface area contributed by atoms with E-state index in [4.69, 9.17) is 6.42 Å². The molecular weight excluding hydrogens is 869 g/mol. The zero-order valence-corrected chi connectivity index (χ0v) is 41.2. The number of piperidine rings is 1. The number of fused-ring (bicyclic) bond motifs is 3. The quantitative estimate of drug-likeness (QED) is 0.150. The van der Waals surface area contributed by atoms with Crippen molar-refractivity contribution in [1.82, 2.24) is 40.4 Å². The highest BCUT2D eigenvalue weighted by molar-refractivity contribution is 5.90. The number of hydrogen-bond acceptors (Lipinski definition) is 12. The summed E-state index contributed by atoms with van der Waals surface area (Å²) >= 11 is 0. The van der Waals surface area contributed by atoms with E-state index in [1.54, 1.807) is 11.0 Å². The van der Waals surface area contributed by atoms with E-state index < -0.39 is 23.6 Å². The number of amides is 3. The first-order valence-electron chi connectivity index (χ1n) is 25.6. The second-order valence-corrected chi connectivity index (χ2v) is 22.3. The van der Waals surface area contributed by atoms with Crippen molar-refractivity contribution < 1.29 is 24.6 Å². The summed E-state index contributed by atoms with van der Waals surface area (Å²) in [5.41, 5.74) is 3.89. The third kappa shape index (κ3) is 11.0. The summed E-state index contributed by atoms with van der Waals surface area (Å²) in [7, 11) is 2.31. The number of aromatic nitrogens is 2. The van der Waals surface area contributed by atoms with Crippen LogP contribution in [-0.4, -0.2) is 160 Å². The summed E-state index contributed by atoms with van der Waals surface area (Å²) in [6.07, 6.45) is 13.7. The van der Waals surface area contributed by atoms with Gasteiger partial charge in [-0.25, -0.2) is 0 Å². The molecule has 0 bridgehead atoms. The minimum Gasteiger partial charge on any atom is -0.507 e. The third-order valence-corrected chi connectivity index (χ3v) is 16.6. The topological polar surface area (TPSA) is 170 Å². The fourth-order valence-electron chi connectivity index (χ4n) is 12.3. The maximum Gasteiger partial charge on any atom is 0.246 e. The molecule has 3 saturated heterocycles. The van der Waals surface area contributed by atoms with Crippen molar-refractivity contribution in [3.63, 3.8) is 0 Å². The van der Waals surface area contributed by atoms with E-state index in [2.05, 4.69) is 64.8 Å². The minimum atomic E-state index is -0.770. The number of likely N-dealkylation sites (tertiary alicyclic amines) is 2. The molecule has 370 valence electrons. The Morgan fingerprint density at radius 3 is 2.42 bits per heavy atom. The number of nitrogens with zero attached hydrogens (tertiary/aromatic N) is 7. The number of para-hydroxylation sites is 1. The molecular formula is C54H74N10O5.